The molecule has 4 rings (SSSR count). The highest BCUT2D eigenvalue weighted by atomic mass is 19.1. The lowest BCUT2D eigenvalue weighted by atomic mass is 10.1. The smallest absolute Gasteiger partial charge is 0.215 e. The Bertz CT molecular complexity index is 1260. The number of ether oxygens (including phenoxy) is 2. The molecule has 3 heterocycles. The van der Waals surface area contributed by atoms with Crippen LogP contribution in [0.5, 0.6) is 11.6 Å². The van der Waals surface area contributed by atoms with Crippen molar-refractivity contribution in [3.63, 3.8) is 0 Å². The van der Waals surface area contributed by atoms with Crippen LogP contribution in [0.25, 0.3) is 28.5 Å². The second-order valence-electron chi connectivity index (χ2n) is 8.29. The summed E-state index contributed by atoms with van der Waals surface area (Å²) in [5, 5.41) is 4.41. The molecule has 0 unspecified atom stereocenters. The van der Waals surface area contributed by atoms with Gasteiger partial charge in [-0.3, -0.25) is 0 Å². The summed E-state index contributed by atoms with van der Waals surface area (Å²) in [7, 11) is 1.48. The topological polar surface area (TPSA) is 101 Å². The molecule has 4 aromatic rings. The van der Waals surface area contributed by atoms with Gasteiger partial charge < -0.3 is 15.2 Å². The third kappa shape index (κ3) is 5.37. The zero-order chi connectivity index (χ0) is 24.1. The molecule has 0 saturated carbocycles. The first kappa shape index (κ1) is 23.3. The van der Waals surface area contributed by atoms with E-state index in [2.05, 4.69) is 33.9 Å². The summed E-state index contributed by atoms with van der Waals surface area (Å²) in [5.41, 5.74) is 7.64. The summed E-state index contributed by atoms with van der Waals surface area (Å²) >= 11 is 0. The van der Waals surface area contributed by atoms with Crippen LogP contribution >= 0.6 is 0 Å². The van der Waals surface area contributed by atoms with E-state index in [-0.39, 0.29) is 17.4 Å². The van der Waals surface area contributed by atoms with Crippen molar-refractivity contribution >= 4 is 0 Å². The standard InChI is InChI=1S/C25H27FN6O2/c1-16(2)12-18(27)15-34-23-9-5-8-22(31-23)32-14-17(13-29-32)20-10-11-28-25(30-20)24-19(26)6-4-7-21(24)33-3/h4-11,13-14,16,18H,12,15,27H2,1-3H3/t18-/m1/s1. The van der Waals surface area contributed by atoms with Gasteiger partial charge in [-0.1, -0.05) is 26.0 Å². The number of methoxy groups -OCH3 is 1. The first-order chi connectivity index (χ1) is 16.4. The fourth-order valence-corrected chi connectivity index (χ4v) is 3.59. The Balaban J connectivity index is 1.55. The Kier molecular flexibility index (Phi) is 7.12. The van der Waals surface area contributed by atoms with E-state index in [4.69, 9.17) is 15.2 Å². The minimum atomic E-state index is -0.457. The number of rotatable bonds is 9. The second-order valence-corrected chi connectivity index (χ2v) is 8.29. The van der Waals surface area contributed by atoms with Crippen molar-refractivity contribution in [3.05, 3.63) is 66.9 Å². The van der Waals surface area contributed by atoms with Crippen LogP contribution in [-0.2, 0) is 0 Å². The van der Waals surface area contributed by atoms with Crippen molar-refractivity contribution in [2.45, 2.75) is 26.3 Å². The summed E-state index contributed by atoms with van der Waals surface area (Å²) in [6.45, 7) is 4.64. The number of nitrogens with zero attached hydrogens (tertiary/aromatic N) is 5. The molecule has 9 heteroatoms. The molecule has 0 bridgehead atoms. The van der Waals surface area contributed by atoms with Gasteiger partial charge in [0.2, 0.25) is 5.88 Å². The molecular formula is C25H27FN6O2. The van der Waals surface area contributed by atoms with Crippen molar-refractivity contribution in [3.8, 4) is 40.1 Å². The van der Waals surface area contributed by atoms with Gasteiger partial charge in [-0.15, -0.1) is 0 Å². The molecule has 0 aliphatic heterocycles. The Labute approximate surface area is 197 Å². The molecule has 34 heavy (non-hydrogen) atoms. The van der Waals surface area contributed by atoms with Gasteiger partial charge in [0.1, 0.15) is 18.2 Å². The first-order valence-electron chi connectivity index (χ1n) is 11.0. The van der Waals surface area contributed by atoms with Crippen LogP contribution in [-0.4, -0.2) is 44.5 Å². The van der Waals surface area contributed by atoms with E-state index in [0.29, 0.717) is 35.7 Å². The zero-order valence-corrected chi connectivity index (χ0v) is 19.4. The molecule has 3 aromatic heterocycles. The monoisotopic (exact) mass is 462 g/mol. The van der Waals surface area contributed by atoms with E-state index in [1.54, 1.807) is 47.5 Å². The SMILES string of the molecule is COc1cccc(F)c1-c1nccc(-c2cnn(-c3cccc(OC[C@H](N)CC(C)C)n3)c2)n1. The van der Waals surface area contributed by atoms with Crippen molar-refractivity contribution in [1.29, 1.82) is 0 Å². The molecule has 8 nitrogen and oxygen atoms in total. The Hall–Kier alpha value is -3.85. The third-order valence-corrected chi connectivity index (χ3v) is 5.12. The van der Waals surface area contributed by atoms with Gasteiger partial charge in [-0.2, -0.15) is 10.1 Å². The predicted molar refractivity (Wildman–Crippen MR) is 127 cm³/mol. The van der Waals surface area contributed by atoms with Crippen molar-refractivity contribution in [1.82, 2.24) is 24.7 Å². The number of hydrogen-bond donors (Lipinski definition) is 1. The molecule has 0 radical (unpaired) electrons. The molecule has 0 saturated heterocycles. The van der Waals surface area contributed by atoms with Gasteiger partial charge in [-0.25, -0.2) is 19.0 Å². The summed E-state index contributed by atoms with van der Waals surface area (Å²) in [6, 6.07) is 11.7. The summed E-state index contributed by atoms with van der Waals surface area (Å²) in [6.07, 6.45) is 5.91. The molecule has 2 N–H and O–H groups in total. The molecule has 176 valence electrons. The van der Waals surface area contributed by atoms with Crippen LogP contribution in [0, 0.1) is 11.7 Å². The minimum Gasteiger partial charge on any atom is -0.496 e. The Morgan fingerprint density at radius 2 is 1.91 bits per heavy atom. The first-order valence-corrected chi connectivity index (χ1v) is 11.0. The molecular weight excluding hydrogens is 435 g/mol. The summed E-state index contributed by atoms with van der Waals surface area (Å²) in [4.78, 5) is 13.3. The van der Waals surface area contributed by atoms with Crippen LogP contribution in [0.1, 0.15) is 20.3 Å². The normalized spacial score (nSPS) is 12.1. The Morgan fingerprint density at radius 1 is 1.09 bits per heavy atom. The molecule has 1 atom stereocenters. The van der Waals surface area contributed by atoms with Gasteiger partial charge in [0.25, 0.3) is 0 Å². The summed E-state index contributed by atoms with van der Waals surface area (Å²) in [5.74, 6) is 1.70. The van der Waals surface area contributed by atoms with Crippen molar-refractivity contribution < 1.29 is 13.9 Å². The molecule has 0 spiro atoms. The number of halogens is 1. The molecule has 1 aromatic carbocycles. The highest BCUT2D eigenvalue weighted by molar-refractivity contribution is 5.68. The average Bonchev–Trinajstić information content (AvgIpc) is 3.33. The van der Waals surface area contributed by atoms with Crippen LogP contribution in [0.15, 0.2) is 61.1 Å². The van der Waals surface area contributed by atoms with Gasteiger partial charge in [0, 0.05) is 30.1 Å². The highest BCUT2D eigenvalue weighted by Gasteiger charge is 2.16. The number of benzene rings is 1. The van der Waals surface area contributed by atoms with E-state index < -0.39 is 5.82 Å². The van der Waals surface area contributed by atoms with Gasteiger partial charge >= 0.3 is 0 Å². The van der Waals surface area contributed by atoms with Gasteiger partial charge in [0.05, 0.1) is 24.6 Å². The van der Waals surface area contributed by atoms with Crippen molar-refractivity contribution in [2.24, 2.45) is 11.7 Å². The highest BCUT2D eigenvalue weighted by Crippen LogP contribution is 2.31. The van der Waals surface area contributed by atoms with E-state index in [9.17, 15) is 4.39 Å². The van der Waals surface area contributed by atoms with E-state index in [1.807, 2.05) is 12.1 Å². The maximum atomic E-state index is 14.5. The lowest BCUT2D eigenvalue weighted by molar-refractivity contribution is 0.262. The fraction of sp³-hybridized carbons (Fsp3) is 0.280. The lowest BCUT2D eigenvalue weighted by Gasteiger charge is -2.14. The van der Waals surface area contributed by atoms with Crippen LogP contribution < -0.4 is 15.2 Å². The third-order valence-electron chi connectivity index (χ3n) is 5.12. The Morgan fingerprint density at radius 3 is 2.71 bits per heavy atom. The number of nitrogens with two attached hydrogens (primary N) is 1. The number of hydrogen-bond acceptors (Lipinski definition) is 7. The summed E-state index contributed by atoms with van der Waals surface area (Å²) < 4.78 is 27.2. The quantitative estimate of drug-likeness (QED) is 0.396. The maximum absolute atomic E-state index is 14.5. The molecule has 0 amide bonds. The van der Waals surface area contributed by atoms with E-state index >= 15 is 0 Å². The fourth-order valence-electron chi connectivity index (χ4n) is 3.59. The zero-order valence-electron chi connectivity index (χ0n) is 19.4. The number of aromatic nitrogens is 5. The van der Waals surface area contributed by atoms with Gasteiger partial charge in [-0.05, 0) is 36.6 Å². The predicted octanol–water partition coefficient (Wildman–Crippen LogP) is 4.29. The van der Waals surface area contributed by atoms with E-state index in [0.717, 1.165) is 12.0 Å². The van der Waals surface area contributed by atoms with Gasteiger partial charge in [0.15, 0.2) is 11.6 Å². The molecule has 0 fully saturated rings. The molecule has 0 aliphatic carbocycles. The minimum absolute atomic E-state index is 0.0539. The average molecular weight is 463 g/mol. The van der Waals surface area contributed by atoms with Crippen LogP contribution in [0.2, 0.25) is 0 Å². The molecule has 0 aliphatic rings. The largest absolute Gasteiger partial charge is 0.496 e. The van der Waals surface area contributed by atoms with Crippen LogP contribution in [0.4, 0.5) is 4.39 Å². The second kappa shape index (κ2) is 10.4. The number of pyridine rings is 1. The maximum Gasteiger partial charge on any atom is 0.215 e. The van der Waals surface area contributed by atoms with Crippen LogP contribution in [0.3, 0.4) is 0 Å². The van der Waals surface area contributed by atoms with E-state index in [1.165, 1.54) is 13.2 Å². The lowest BCUT2D eigenvalue weighted by Crippen LogP contribution is -2.29. The van der Waals surface area contributed by atoms with Crippen molar-refractivity contribution in [2.75, 3.05) is 13.7 Å².